The Labute approximate surface area is 110 Å². The van der Waals surface area contributed by atoms with Gasteiger partial charge in [0, 0.05) is 24.3 Å². The molecule has 1 aromatic rings. The van der Waals surface area contributed by atoms with Gasteiger partial charge in [-0.3, -0.25) is 0 Å². The molecule has 0 spiro atoms. The smallest absolute Gasteiger partial charge is 0.132 e. The number of hydrogen-bond acceptors (Lipinski definition) is 4. The summed E-state index contributed by atoms with van der Waals surface area (Å²) in [5, 5.41) is 3.47. The summed E-state index contributed by atoms with van der Waals surface area (Å²) in [4.78, 5) is 11.2. The first-order chi connectivity index (χ1) is 8.81. The summed E-state index contributed by atoms with van der Waals surface area (Å²) in [7, 11) is 2.14. The van der Waals surface area contributed by atoms with E-state index in [1.165, 1.54) is 30.5 Å². The Kier molecular flexibility index (Phi) is 4.93. The van der Waals surface area contributed by atoms with Crippen molar-refractivity contribution in [3.63, 3.8) is 0 Å². The van der Waals surface area contributed by atoms with Crippen LogP contribution in [-0.2, 0) is 12.8 Å². The molecule has 0 saturated carbocycles. The maximum absolute atomic E-state index is 4.44. The van der Waals surface area contributed by atoms with Crippen molar-refractivity contribution in [1.82, 2.24) is 14.9 Å². The van der Waals surface area contributed by atoms with E-state index in [2.05, 4.69) is 34.2 Å². The molecule has 0 unspecified atom stereocenters. The van der Waals surface area contributed by atoms with Crippen LogP contribution < -0.4 is 5.32 Å². The molecule has 0 radical (unpaired) electrons. The van der Waals surface area contributed by atoms with Crippen LogP contribution in [0, 0.1) is 0 Å². The largest absolute Gasteiger partial charge is 0.368 e. The average molecular weight is 248 g/mol. The summed E-state index contributed by atoms with van der Waals surface area (Å²) in [6.07, 6.45) is 7.79. The average Bonchev–Trinajstić information content (AvgIpc) is 2.64. The first-order valence-electron chi connectivity index (χ1n) is 7.06. The molecule has 100 valence electrons. The van der Waals surface area contributed by atoms with Gasteiger partial charge in [-0.1, -0.05) is 13.3 Å². The van der Waals surface area contributed by atoms with Gasteiger partial charge in [0.2, 0.25) is 0 Å². The highest BCUT2D eigenvalue weighted by molar-refractivity contribution is 5.46. The van der Waals surface area contributed by atoms with Crippen molar-refractivity contribution < 1.29 is 0 Å². The van der Waals surface area contributed by atoms with Gasteiger partial charge in [0.15, 0.2) is 0 Å². The molecule has 1 N–H and O–H groups in total. The monoisotopic (exact) mass is 248 g/mol. The zero-order chi connectivity index (χ0) is 12.8. The summed E-state index contributed by atoms with van der Waals surface area (Å²) in [5.41, 5.74) is 2.61. The van der Waals surface area contributed by atoms with Gasteiger partial charge in [-0.05, 0) is 39.3 Å². The van der Waals surface area contributed by atoms with Crippen LogP contribution in [0.15, 0.2) is 6.33 Å². The molecule has 0 aliphatic heterocycles. The van der Waals surface area contributed by atoms with Crippen LogP contribution in [-0.4, -0.2) is 41.5 Å². The Morgan fingerprint density at radius 3 is 2.89 bits per heavy atom. The highest BCUT2D eigenvalue weighted by atomic mass is 15.1. The lowest BCUT2D eigenvalue weighted by Gasteiger charge is -2.16. The third-order valence-corrected chi connectivity index (χ3v) is 3.70. The van der Waals surface area contributed by atoms with E-state index in [1.807, 2.05) is 0 Å². The summed E-state index contributed by atoms with van der Waals surface area (Å²) in [6, 6.07) is 0. The van der Waals surface area contributed by atoms with E-state index in [-0.39, 0.29) is 0 Å². The number of aromatic nitrogens is 2. The van der Waals surface area contributed by atoms with Crippen molar-refractivity contribution in [1.29, 1.82) is 0 Å². The maximum atomic E-state index is 4.44. The molecule has 18 heavy (non-hydrogen) atoms. The van der Waals surface area contributed by atoms with Crippen LogP contribution in [0.2, 0.25) is 0 Å². The Morgan fingerprint density at radius 2 is 2.06 bits per heavy atom. The lowest BCUT2D eigenvalue weighted by molar-refractivity contribution is 0.367. The zero-order valence-electron chi connectivity index (χ0n) is 11.6. The highest BCUT2D eigenvalue weighted by Gasteiger charge is 2.13. The van der Waals surface area contributed by atoms with Crippen LogP contribution in [0.1, 0.15) is 37.4 Å². The van der Waals surface area contributed by atoms with Gasteiger partial charge in [-0.15, -0.1) is 0 Å². The van der Waals surface area contributed by atoms with Crippen LogP contribution in [0.3, 0.4) is 0 Å². The van der Waals surface area contributed by atoms with E-state index in [4.69, 9.17) is 0 Å². The van der Waals surface area contributed by atoms with Crippen LogP contribution in [0.4, 0.5) is 5.82 Å². The first-order valence-corrected chi connectivity index (χ1v) is 7.06. The molecular weight excluding hydrogens is 224 g/mol. The predicted octanol–water partition coefficient (Wildman–Crippen LogP) is 2.11. The predicted molar refractivity (Wildman–Crippen MR) is 75.0 cm³/mol. The molecule has 0 atom stereocenters. The fourth-order valence-electron chi connectivity index (χ4n) is 2.37. The number of rotatable bonds is 5. The maximum Gasteiger partial charge on any atom is 0.132 e. The van der Waals surface area contributed by atoms with Gasteiger partial charge < -0.3 is 10.2 Å². The number of anilines is 1. The summed E-state index contributed by atoms with van der Waals surface area (Å²) < 4.78 is 0. The lowest BCUT2D eigenvalue weighted by atomic mass is 10.1. The normalized spacial score (nSPS) is 15.3. The van der Waals surface area contributed by atoms with Gasteiger partial charge in [0.05, 0.1) is 0 Å². The van der Waals surface area contributed by atoms with Crippen LogP contribution >= 0.6 is 0 Å². The van der Waals surface area contributed by atoms with Crippen molar-refractivity contribution >= 4 is 5.82 Å². The third kappa shape index (κ3) is 3.42. The second-order valence-corrected chi connectivity index (χ2v) is 5.03. The molecule has 1 aromatic heterocycles. The fourth-order valence-corrected chi connectivity index (χ4v) is 2.37. The quantitative estimate of drug-likeness (QED) is 0.810. The minimum Gasteiger partial charge on any atom is -0.368 e. The number of aryl methyl sites for hydroxylation is 1. The Morgan fingerprint density at radius 1 is 1.22 bits per heavy atom. The van der Waals surface area contributed by atoms with Crippen LogP contribution in [0.25, 0.3) is 0 Å². The summed E-state index contributed by atoms with van der Waals surface area (Å²) >= 11 is 0. The lowest BCUT2D eigenvalue weighted by Crippen LogP contribution is -2.25. The highest BCUT2D eigenvalue weighted by Crippen LogP contribution is 2.23. The number of nitrogens with one attached hydrogen (secondary N) is 1. The minimum absolute atomic E-state index is 0.952. The van der Waals surface area contributed by atoms with E-state index >= 15 is 0 Å². The van der Waals surface area contributed by atoms with E-state index in [0.29, 0.717) is 0 Å². The van der Waals surface area contributed by atoms with Crippen molar-refractivity contribution in [3.05, 3.63) is 17.6 Å². The zero-order valence-corrected chi connectivity index (χ0v) is 11.6. The minimum atomic E-state index is 0.952. The van der Waals surface area contributed by atoms with E-state index in [0.717, 1.165) is 38.3 Å². The second kappa shape index (κ2) is 6.69. The molecule has 0 amide bonds. The molecular formula is C14H24N4. The van der Waals surface area contributed by atoms with Crippen molar-refractivity contribution in [2.45, 2.75) is 39.0 Å². The Hall–Kier alpha value is -1.16. The topological polar surface area (TPSA) is 41.0 Å². The molecule has 0 bridgehead atoms. The second-order valence-electron chi connectivity index (χ2n) is 5.03. The molecule has 1 aliphatic rings. The standard InChI is InChI=1S/C14H24N4/c1-3-18(2)10-9-15-14-12-7-5-4-6-8-13(12)16-11-17-14/h11H,3-10H2,1-2H3,(H,15,16,17). The number of nitrogens with zero attached hydrogens (tertiary/aromatic N) is 3. The van der Waals surface area contributed by atoms with Gasteiger partial charge in [0.1, 0.15) is 12.1 Å². The van der Waals surface area contributed by atoms with Gasteiger partial charge in [-0.25, -0.2) is 9.97 Å². The van der Waals surface area contributed by atoms with Gasteiger partial charge in [-0.2, -0.15) is 0 Å². The Balaban J connectivity index is 1.99. The van der Waals surface area contributed by atoms with Crippen molar-refractivity contribution in [2.75, 3.05) is 32.0 Å². The van der Waals surface area contributed by atoms with Crippen LogP contribution in [0.5, 0.6) is 0 Å². The third-order valence-electron chi connectivity index (χ3n) is 3.70. The molecule has 1 heterocycles. The number of hydrogen-bond donors (Lipinski definition) is 1. The molecule has 1 aliphatic carbocycles. The summed E-state index contributed by atoms with van der Waals surface area (Å²) in [6.45, 7) is 5.27. The molecule has 4 nitrogen and oxygen atoms in total. The molecule has 0 saturated heterocycles. The molecule has 2 rings (SSSR count). The molecule has 0 aromatic carbocycles. The molecule has 0 fully saturated rings. The van der Waals surface area contributed by atoms with Crippen molar-refractivity contribution in [3.8, 4) is 0 Å². The van der Waals surface area contributed by atoms with E-state index in [1.54, 1.807) is 6.33 Å². The fraction of sp³-hybridized carbons (Fsp3) is 0.714. The van der Waals surface area contributed by atoms with Gasteiger partial charge in [0.25, 0.3) is 0 Å². The van der Waals surface area contributed by atoms with E-state index in [9.17, 15) is 0 Å². The van der Waals surface area contributed by atoms with E-state index < -0.39 is 0 Å². The Bertz CT molecular complexity index is 378. The molecule has 4 heteroatoms. The number of likely N-dealkylation sites (N-methyl/N-ethyl adjacent to an activating group) is 1. The number of fused-ring (bicyclic) bond motifs is 1. The first kappa shape index (κ1) is 13.3. The van der Waals surface area contributed by atoms with Crippen molar-refractivity contribution in [2.24, 2.45) is 0 Å². The van der Waals surface area contributed by atoms with Gasteiger partial charge >= 0.3 is 0 Å². The summed E-state index contributed by atoms with van der Waals surface area (Å²) in [5.74, 6) is 1.06. The SMILES string of the molecule is CCN(C)CCNc1ncnc2c1CCCCC2.